The van der Waals surface area contributed by atoms with Gasteiger partial charge in [-0.25, -0.2) is 4.79 Å². The van der Waals surface area contributed by atoms with E-state index in [1.165, 1.54) is 11.3 Å². The molecule has 22 heavy (non-hydrogen) atoms. The maximum atomic E-state index is 12.5. The Hall–Kier alpha value is -1.88. The maximum Gasteiger partial charge on any atom is 0.345 e. The molecular weight excluding hydrogens is 336 g/mol. The first kappa shape index (κ1) is 13.8. The molecule has 3 heterocycles. The molecule has 0 bridgehead atoms. The van der Waals surface area contributed by atoms with Crippen LogP contribution in [0.2, 0.25) is 5.02 Å². The molecule has 0 saturated carbocycles. The van der Waals surface area contributed by atoms with Crippen molar-refractivity contribution in [2.24, 2.45) is 0 Å². The van der Waals surface area contributed by atoms with E-state index in [9.17, 15) is 4.79 Å². The molecule has 0 aliphatic carbocycles. The van der Waals surface area contributed by atoms with E-state index in [-0.39, 0.29) is 5.63 Å². The Labute approximate surface area is 139 Å². The summed E-state index contributed by atoms with van der Waals surface area (Å²) in [7, 11) is 0. The van der Waals surface area contributed by atoms with E-state index < -0.39 is 0 Å². The minimum atomic E-state index is -0.319. The van der Waals surface area contributed by atoms with Gasteiger partial charge in [-0.15, -0.1) is 22.7 Å². The molecule has 0 aliphatic heterocycles. The molecule has 3 aromatic heterocycles. The largest absolute Gasteiger partial charge is 0.422 e. The molecule has 0 saturated heterocycles. The first-order valence-corrected chi connectivity index (χ1v) is 8.72. The van der Waals surface area contributed by atoms with E-state index >= 15 is 0 Å². The van der Waals surface area contributed by atoms with Crippen LogP contribution < -0.4 is 5.63 Å². The van der Waals surface area contributed by atoms with E-state index in [1.54, 1.807) is 23.5 Å². The minimum absolute atomic E-state index is 0.319. The summed E-state index contributed by atoms with van der Waals surface area (Å²) < 4.78 is 5.51. The van der Waals surface area contributed by atoms with E-state index in [2.05, 4.69) is 0 Å². The van der Waals surface area contributed by atoms with Gasteiger partial charge >= 0.3 is 5.63 Å². The van der Waals surface area contributed by atoms with Crippen molar-refractivity contribution in [3.8, 4) is 20.9 Å². The molecule has 4 rings (SSSR count). The first-order valence-electron chi connectivity index (χ1n) is 6.58. The summed E-state index contributed by atoms with van der Waals surface area (Å²) in [6.45, 7) is 0. The predicted molar refractivity (Wildman–Crippen MR) is 94.1 cm³/mol. The van der Waals surface area contributed by atoms with Crippen LogP contribution in [0.3, 0.4) is 0 Å². The van der Waals surface area contributed by atoms with Gasteiger partial charge in [0, 0.05) is 25.7 Å². The van der Waals surface area contributed by atoms with Gasteiger partial charge in [0.05, 0.1) is 5.56 Å². The summed E-state index contributed by atoms with van der Waals surface area (Å²) >= 11 is 9.28. The van der Waals surface area contributed by atoms with E-state index in [4.69, 9.17) is 16.0 Å². The van der Waals surface area contributed by atoms with Crippen LogP contribution in [0.25, 0.3) is 31.9 Å². The Kier molecular flexibility index (Phi) is 3.37. The molecule has 108 valence electrons. The first-order chi connectivity index (χ1) is 10.7. The van der Waals surface area contributed by atoms with Crippen molar-refractivity contribution in [1.29, 1.82) is 0 Å². The standard InChI is InChI=1S/C17H9ClO2S2/c18-10-5-6-12-11(9-10)15(13-3-1-7-21-13)16(17(19)20-12)14-4-2-8-22-14/h1-9H. The van der Waals surface area contributed by atoms with Crippen LogP contribution in [0.15, 0.2) is 62.4 Å². The minimum Gasteiger partial charge on any atom is -0.422 e. The smallest absolute Gasteiger partial charge is 0.345 e. The Morgan fingerprint density at radius 2 is 1.59 bits per heavy atom. The van der Waals surface area contributed by atoms with Crippen molar-refractivity contribution in [2.75, 3.05) is 0 Å². The van der Waals surface area contributed by atoms with Crippen LogP contribution in [-0.2, 0) is 0 Å². The van der Waals surface area contributed by atoms with Gasteiger partial charge in [0.1, 0.15) is 5.58 Å². The second kappa shape index (κ2) is 5.39. The highest BCUT2D eigenvalue weighted by atomic mass is 35.5. The lowest BCUT2D eigenvalue weighted by molar-refractivity contribution is 0.564. The van der Waals surface area contributed by atoms with Gasteiger partial charge in [0.15, 0.2) is 0 Å². The Bertz CT molecular complexity index is 999. The zero-order chi connectivity index (χ0) is 15.1. The summed E-state index contributed by atoms with van der Waals surface area (Å²) in [6.07, 6.45) is 0. The number of hydrogen-bond donors (Lipinski definition) is 0. The molecule has 0 aliphatic rings. The van der Waals surface area contributed by atoms with Crippen molar-refractivity contribution in [3.63, 3.8) is 0 Å². The zero-order valence-corrected chi connectivity index (χ0v) is 13.6. The number of benzene rings is 1. The highest BCUT2D eigenvalue weighted by molar-refractivity contribution is 7.14. The molecule has 5 heteroatoms. The lowest BCUT2D eigenvalue weighted by Gasteiger charge is -2.09. The van der Waals surface area contributed by atoms with Crippen LogP contribution in [0.4, 0.5) is 0 Å². The van der Waals surface area contributed by atoms with Gasteiger partial charge in [-0.1, -0.05) is 23.7 Å². The third kappa shape index (κ3) is 2.20. The molecule has 0 unspecified atom stereocenters. The van der Waals surface area contributed by atoms with Crippen molar-refractivity contribution in [3.05, 3.63) is 68.7 Å². The van der Waals surface area contributed by atoms with Gasteiger partial charge in [-0.05, 0) is 41.1 Å². The lowest BCUT2D eigenvalue weighted by atomic mass is 10.0. The van der Waals surface area contributed by atoms with Gasteiger partial charge in [0.2, 0.25) is 0 Å². The van der Waals surface area contributed by atoms with E-state index in [0.29, 0.717) is 16.2 Å². The normalized spacial score (nSPS) is 11.1. The number of hydrogen-bond acceptors (Lipinski definition) is 4. The highest BCUT2D eigenvalue weighted by Crippen LogP contribution is 2.40. The van der Waals surface area contributed by atoms with E-state index in [1.807, 2.05) is 41.1 Å². The van der Waals surface area contributed by atoms with Crippen LogP contribution >= 0.6 is 34.3 Å². The number of fused-ring (bicyclic) bond motifs is 1. The average Bonchev–Trinajstić information content (AvgIpc) is 3.19. The average molecular weight is 345 g/mol. The zero-order valence-electron chi connectivity index (χ0n) is 11.2. The van der Waals surface area contributed by atoms with Crippen molar-refractivity contribution in [1.82, 2.24) is 0 Å². The maximum absolute atomic E-state index is 12.5. The quantitative estimate of drug-likeness (QED) is 0.423. The van der Waals surface area contributed by atoms with Crippen molar-refractivity contribution in [2.45, 2.75) is 0 Å². The van der Waals surface area contributed by atoms with E-state index in [0.717, 1.165) is 20.7 Å². The summed E-state index contributed by atoms with van der Waals surface area (Å²) in [5.74, 6) is 0. The second-order valence-electron chi connectivity index (χ2n) is 4.73. The third-order valence-electron chi connectivity index (χ3n) is 3.40. The number of thiophene rings is 2. The van der Waals surface area contributed by atoms with Crippen LogP contribution in [0.5, 0.6) is 0 Å². The molecule has 0 radical (unpaired) electrons. The molecule has 0 amide bonds. The summed E-state index contributed by atoms with van der Waals surface area (Å²) in [5.41, 5.74) is 1.73. The van der Waals surface area contributed by atoms with Crippen LogP contribution in [-0.4, -0.2) is 0 Å². The topological polar surface area (TPSA) is 30.2 Å². The van der Waals surface area contributed by atoms with Gasteiger partial charge in [-0.2, -0.15) is 0 Å². The fraction of sp³-hybridized carbons (Fsp3) is 0. The number of halogens is 1. The van der Waals surface area contributed by atoms with Crippen LogP contribution in [0.1, 0.15) is 0 Å². The Balaban J connectivity index is 2.21. The van der Waals surface area contributed by atoms with Crippen LogP contribution in [0, 0.1) is 0 Å². The second-order valence-corrected chi connectivity index (χ2v) is 7.07. The molecule has 4 aromatic rings. The van der Waals surface area contributed by atoms with Gasteiger partial charge in [-0.3, -0.25) is 0 Å². The molecule has 0 atom stereocenters. The molecule has 2 nitrogen and oxygen atoms in total. The Morgan fingerprint density at radius 1 is 0.909 bits per heavy atom. The summed E-state index contributed by atoms with van der Waals surface area (Å²) in [4.78, 5) is 14.5. The van der Waals surface area contributed by atoms with Crippen molar-refractivity contribution >= 4 is 45.2 Å². The molecule has 1 aromatic carbocycles. The predicted octanol–water partition coefficient (Wildman–Crippen LogP) is 5.90. The molecule has 0 N–H and O–H groups in total. The monoisotopic (exact) mass is 344 g/mol. The third-order valence-corrected chi connectivity index (χ3v) is 5.41. The Morgan fingerprint density at radius 3 is 2.23 bits per heavy atom. The molecule has 0 spiro atoms. The SMILES string of the molecule is O=c1oc2ccc(Cl)cc2c(-c2cccs2)c1-c1cccs1. The number of rotatable bonds is 2. The fourth-order valence-corrected chi connectivity index (χ4v) is 4.22. The van der Waals surface area contributed by atoms with Gasteiger partial charge < -0.3 is 4.42 Å². The van der Waals surface area contributed by atoms with Crippen molar-refractivity contribution < 1.29 is 4.42 Å². The lowest BCUT2D eigenvalue weighted by Crippen LogP contribution is -2.04. The molecular formula is C17H9ClO2S2. The molecule has 0 fully saturated rings. The summed E-state index contributed by atoms with van der Waals surface area (Å²) in [6, 6.07) is 13.2. The highest BCUT2D eigenvalue weighted by Gasteiger charge is 2.19. The van der Waals surface area contributed by atoms with Gasteiger partial charge in [0.25, 0.3) is 0 Å². The fourth-order valence-electron chi connectivity index (χ4n) is 2.50. The summed E-state index contributed by atoms with van der Waals surface area (Å²) in [5, 5.41) is 5.43.